The molecule has 0 aliphatic carbocycles. The Bertz CT molecular complexity index is 822. The molecule has 1 atom stereocenters. The average molecular weight is 294 g/mol. The number of carboxylic acid groups (broad SMARTS) is 1. The van der Waals surface area contributed by atoms with E-state index in [9.17, 15) is 9.90 Å². The van der Waals surface area contributed by atoms with Gasteiger partial charge in [-0.05, 0) is 31.0 Å². The number of aromatic nitrogens is 2. The lowest BCUT2D eigenvalue weighted by Crippen LogP contribution is -2.12. The molecule has 0 bridgehead atoms. The molecule has 4 heteroatoms. The first kappa shape index (κ1) is 14.3. The van der Waals surface area contributed by atoms with Gasteiger partial charge in [0.25, 0.3) is 0 Å². The van der Waals surface area contributed by atoms with E-state index in [0.29, 0.717) is 10.9 Å². The molecule has 0 aliphatic heterocycles. The standard InChI is InChI=1S/C18H18N2O2/c1-3-15(13-8-5-4-6-9-13)20-12(2)16(18(21)22)14-10-7-11-19-17(14)20/h4-11,15H,3H2,1-2H3,(H,21,22). The number of carbonyl (C=O) groups is 1. The molecule has 1 N–H and O–H groups in total. The highest BCUT2D eigenvalue weighted by Crippen LogP contribution is 2.32. The Morgan fingerprint density at radius 3 is 2.59 bits per heavy atom. The van der Waals surface area contributed by atoms with Gasteiger partial charge in [0.2, 0.25) is 0 Å². The second kappa shape index (κ2) is 5.64. The summed E-state index contributed by atoms with van der Waals surface area (Å²) in [4.78, 5) is 16.1. The van der Waals surface area contributed by atoms with E-state index in [1.54, 1.807) is 12.3 Å². The van der Waals surface area contributed by atoms with Crippen LogP contribution in [-0.4, -0.2) is 20.6 Å². The smallest absolute Gasteiger partial charge is 0.338 e. The molecular weight excluding hydrogens is 276 g/mol. The minimum atomic E-state index is -0.905. The molecule has 2 aromatic heterocycles. The maximum atomic E-state index is 11.7. The Balaban J connectivity index is 2.30. The van der Waals surface area contributed by atoms with Crippen LogP contribution in [0, 0.1) is 6.92 Å². The minimum Gasteiger partial charge on any atom is -0.478 e. The van der Waals surface area contributed by atoms with Gasteiger partial charge in [0.1, 0.15) is 5.65 Å². The average Bonchev–Trinajstić information content (AvgIpc) is 2.82. The zero-order valence-electron chi connectivity index (χ0n) is 12.7. The van der Waals surface area contributed by atoms with Crippen molar-refractivity contribution in [2.45, 2.75) is 26.3 Å². The molecule has 112 valence electrons. The summed E-state index contributed by atoms with van der Waals surface area (Å²) in [7, 11) is 0. The Hall–Kier alpha value is -2.62. The molecule has 22 heavy (non-hydrogen) atoms. The third-order valence-corrected chi connectivity index (χ3v) is 4.10. The number of benzene rings is 1. The molecule has 0 saturated heterocycles. The second-order valence-electron chi connectivity index (χ2n) is 5.34. The van der Waals surface area contributed by atoms with Crippen LogP contribution in [0.15, 0.2) is 48.7 Å². The molecule has 3 aromatic rings. The van der Waals surface area contributed by atoms with Gasteiger partial charge in [-0.1, -0.05) is 37.3 Å². The van der Waals surface area contributed by atoms with Crippen LogP contribution in [0.3, 0.4) is 0 Å². The molecular formula is C18H18N2O2. The number of hydrogen-bond donors (Lipinski definition) is 1. The van der Waals surface area contributed by atoms with Crippen molar-refractivity contribution in [2.24, 2.45) is 0 Å². The highest BCUT2D eigenvalue weighted by atomic mass is 16.4. The van der Waals surface area contributed by atoms with Crippen molar-refractivity contribution in [3.05, 3.63) is 65.5 Å². The number of carboxylic acids is 1. The van der Waals surface area contributed by atoms with Crippen LogP contribution in [0.2, 0.25) is 0 Å². The number of nitrogens with zero attached hydrogens (tertiary/aromatic N) is 2. The van der Waals surface area contributed by atoms with E-state index in [2.05, 4.69) is 24.0 Å². The van der Waals surface area contributed by atoms with Gasteiger partial charge in [0.05, 0.1) is 11.6 Å². The molecule has 0 fully saturated rings. The van der Waals surface area contributed by atoms with Crippen molar-refractivity contribution in [3.63, 3.8) is 0 Å². The summed E-state index contributed by atoms with van der Waals surface area (Å²) in [6, 6.07) is 13.8. The Morgan fingerprint density at radius 2 is 1.95 bits per heavy atom. The fraction of sp³-hybridized carbons (Fsp3) is 0.222. The zero-order valence-corrected chi connectivity index (χ0v) is 12.7. The van der Waals surface area contributed by atoms with Gasteiger partial charge in [-0.25, -0.2) is 9.78 Å². The van der Waals surface area contributed by atoms with Crippen molar-refractivity contribution in [1.29, 1.82) is 0 Å². The summed E-state index contributed by atoms with van der Waals surface area (Å²) in [5.74, 6) is -0.905. The van der Waals surface area contributed by atoms with Crippen LogP contribution >= 0.6 is 0 Å². The van der Waals surface area contributed by atoms with Crippen LogP contribution in [0.5, 0.6) is 0 Å². The minimum absolute atomic E-state index is 0.0756. The third-order valence-electron chi connectivity index (χ3n) is 4.10. The van der Waals surface area contributed by atoms with E-state index in [1.807, 2.05) is 35.8 Å². The molecule has 0 amide bonds. The predicted octanol–water partition coefficient (Wildman–Crippen LogP) is 4.04. The molecule has 4 nitrogen and oxygen atoms in total. The maximum Gasteiger partial charge on any atom is 0.338 e. The lowest BCUT2D eigenvalue weighted by molar-refractivity contribution is 0.0698. The molecule has 0 aliphatic rings. The molecule has 2 heterocycles. The van der Waals surface area contributed by atoms with E-state index in [0.717, 1.165) is 23.3 Å². The monoisotopic (exact) mass is 294 g/mol. The first-order chi connectivity index (χ1) is 10.6. The van der Waals surface area contributed by atoms with E-state index in [-0.39, 0.29) is 6.04 Å². The van der Waals surface area contributed by atoms with Crippen LogP contribution < -0.4 is 0 Å². The fourth-order valence-corrected chi connectivity index (χ4v) is 3.15. The topological polar surface area (TPSA) is 55.1 Å². The Labute approximate surface area is 129 Å². The van der Waals surface area contributed by atoms with Gasteiger partial charge in [-0.3, -0.25) is 0 Å². The lowest BCUT2D eigenvalue weighted by atomic mass is 10.0. The summed E-state index contributed by atoms with van der Waals surface area (Å²) < 4.78 is 2.05. The largest absolute Gasteiger partial charge is 0.478 e. The van der Waals surface area contributed by atoms with Crippen LogP contribution in [0.25, 0.3) is 11.0 Å². The molecule has 0 saturated carbocycles. The molecule has 1 unspecified atom stereocenters. The lowest BCUT2D eigenvalue weighted by Gasteiger charge is -2.20. The number of hydrogen-bond acceptors (Lipinski definition) is 2. The van der Waals surface area contributed by atoms with E-state index < -0.39 is 5.97 Å². The number of aromatic carboxylic acids is 1. The van der Waals surface area contributed by atoms with Crippen molar-refractivity contribution < 1.29 is 9.90 Å². The summed E-state index contributed by atoms with van der Waals surface area (Å²) in [5.41, 5.74) is 2.98. The molecule has 1 aromatic carbocycles. The highest BCUT2D eigenvalue weighted by Gasteiger charge is 2.24. The van der Waals surface area contributed by atoms with Gasteiger partial charge >= 0.3 is 5.97 Å². The third kappa shape index (κ3) is 2.17. The van der Waals surface area contributed by atoms with Crippen LogP contribution in [0.4, 0.5) is 0 Å². The summed E-state index contributed by atoms with van der Waals surface area (Å²) in [5, 5.41) is 10.3. The second-order valence-corrected chi connectivity index (χ2v) is 5.34. The normalized spacial score (nSPS) is 12.5. The van der Waals surface area contributed by atoms with E-state index in [1.165, 1.54) is 0 Å². The fourth-order valence-electron chi connectivity index (χ4n) is 3.15. The van der Waals surface area contributed by atoms with E-state index >= 15 is 0 Å². The maximum absolute atomic E-state index is 11.7. The quantitative estimate of drug-likeness (QED) is 0.790. The highest BCUT2D eigenvalue weighted by molar-refractivity contribution is 6.04. The van der Waals surface area contributed by atoms with Crippen LogP contribution in [0.1, 0.15) is 41.0 Å². The van der Waals surface area contributed by atoms with Gasteiger partial charge in [-0.2, -0.15) is 0 Å². The van der Waals surface area contributed by atoms with Crippen molar-refractivity contribution >= 4 is 17.0 Å². The summed E-state index contributed by atoms with van der Waals surface area (Å²) >= 11 is 0. The van der Waals surface area contributed by atoms with Crippen molar-refractivity contribution in [3.8, 4) is 0 Å². The van der Waals surface area contributed by atoms with Gasteiger partial charge in [-0.15, -0.1) is 0 Å². The number of rotatable bonds is 4. The Kier molecular flexibility index (Phi) is 3.67. The summed E-state index contributed by atoms with van der Waals surface area (Å²) in [6.45, 7) is 3.96. The molecule has 0 radical (unpaired) electrons. The molecule has 0 spiro atoms. The Morgan fingerprint density at radius 1 is 1.23 bits per heavy atom. The van der Waals surface area contributed by atoms with E-state index in [4.69, 9.17) is 0 Å². The first-order valence-corrected chi connectivity index (χ1v) is 7.39. The van der Waals surface area contributed by atoms with Crippen LogP contribution in [-0.2, 0) is 0 Å². The summed E-state index contributed by atoms with van der Waals surface area (Å²) in [6.07, 6.45) is 2.58. The molecule has 3 rings (SSSR count). The SMILES string of the molecule is CCC(c1ccccc1)n1c(C)c(C(=O)O)c2cccnc21. The number of fused-ring (bicyclic) bond motifs is 1. The first-order valence-electron chi connectivity index (χ1n) is 7.39. The van der Waals surface area contributed by atoms with Crippen molar-refractivity contribution in [2.75, 3.05) is 0 Å². The van der Waals surface area contributed by atoms with Gasteiger partial charge < -0.3 is 9.67 Å². The zero-order chi connectivity index (χ0) is 15.7. The van der Waals surface area contributed by atoms with Crippen molar-refractivity contribution in [1.82, 2.24) is 9.55 Å². The van der Waals surface area contributed by atoms with Gasteiger partial charge in [0, 0.05) is 17.3 Å². The van der Waals surface area contributed by atoms with Gasteiger partial charge in [0.15, 0.2) is 0 Å². The number of pyridine rings is 1. The predicted molar refractivity (Wildman–Crippen MR) is 86.3 cm³/mol.